The van der Waals surface area contributed by atoms with Gasteiger partial charge in [0.2, 0.25) is 0 Å². The monoisotopic (exact) mass is 141 g/mol. The molecule has 0 radical (unpaired) electrons. The molecule has 0 aromatic carbocycles. The zero-order chi connectivity index (χ0) is 7.56. The van der Waals surface area contributed by atoms with E-state index < -0.39 is 0 Å². The second-order valence-corrected chi connectivity index (χ2v) is 2.89. The first kappa shape index (κ1) is 7.61. The Kier molecular flexibility index (Phi) is 2.33. The van der Waals surface area contributed by atoms with Crippen LogP contribution in [0.2, 0.25) is 0 Å². The van der Waals surface area contributed by atoms with Gasteiger partial charge in [-0.3, -0.25) is 4.90 Å². The smallest absolute Gasteiger partial charge is 0.110 e. The van der Waals surface area contributed by atoms with Gasteiger partial charge in [-0.2, -0.15) is 0 Å². The Morgan fingerprint density at radius 3 is 2.90 bits per heavy atom. The summed E-state index contributed by atoms with van der Waals surface area (Å²) in [6, 6.07) is 0.509. The van der Waals surface area contributed by atoms with Gasteiger partial charge in [0.25, 0.3) is 0 Å². The zero-order valence-electron chi connectivity index (χ0n) is 6.87. The van der Waals surface area contributed by atoms with Crippen molar-refractivity contribution in [3.05, 3.63) is 12.3 Å². The summed E-state index contributed by atoms with van der Waals surface area (Å²) >= 11 is 0. The van der Waals surface area contributed by atoms with E-state index in [2.05, 4.69) is 25.8 Å². The summed E-state index contributed by atoms with van der Waals surface area (Å²) in [4.78, 5) is 2.27. The van der Waals surface area contributed by atoms with Crippen LogP contribution in [0.15, 0.2) is 12.3 Å². The van der Waals surface area contributed by atoms with Crippen LogP contribution in [0.1, 0.15) is 13.8 Å². The van der Waals surface area contributed by atoms with Gasteiger partial charge in [0, 0.05) is 12.6 Å². The van der Waals surface area contributed by atoms with Crippen molar-refractivity contribution in [2.45, 2.75) is 26.0 Å². The van der Waals surface area contributed by atoms with E-state index in [1.807, 2.05) is 6.08 Å². The molecule has 58 valence electrons. The van der Waals surface area contributed by atoms with Crippen molar-refractivity contribution in [1.29, 1.82) is 0 Å². The van der Waals surface area contributed by atoms with Gasteiger partial charge in [-0.25, -0.2) is 0 Å². The average molecular weight is 141 g/mol. The SMILES string of the molecule is CC1OC=CCN(C)C1C. The molecule has 0 amide bonds. The van der Waals surface area contributed by atoms with E-state index in [4.69, 9.17) is 4.74 Å². The van der Waals surface area contributed by atoms with Gasteiger partial charge in [-0.15, -0.1) is 0 Å². The lowest BCUT2D eigenvalue weighted by molar-refractivity contribution is 0.0884. The molecule has 0 bridgehead atoms. The van der Waals surface area contributed by atoms with Crippen LogP contribution in [0.3, 0.4) is 0 Å². The normalized spacial score (nSPS) is 35.1. The van der Waals surface area contributed by atoms with Gasteiger partial charge < -0.3 is 4.74 Å². The lowest BCUT2D eigenvalue weighted by Gasteiger charge is -2.25. The summed E-state index contributed by atoms with van der Waals surface area (Å²) in [5.41, 5.74) is 0. The topological polar surface area (TPSA) is 12.5 Å². The van der Waals surface area contributed by atoms with Crippen molar-refractivity contribution in [2.75, 3.05) is 13.6 Å². The van der Waals surface area contributed by atoms with Crippen LogP contribution < -0.4 is 0 Å². The van der Waals surface area contributed by atoms with Gasteiger partial charge in [0.15, 0.2) is 0 Å². The molecule has 1 aliphatic rings. The molecule has 2 nitrogen and oxygen atoms in total. The predicted octanol–water partition coefficient (Wildman–Crippen LogP) is 1.24. The maximum atomic E-state index is 5.36. The van der Waals surface area contributed by atoms with Gasteiger partial charge >= 0.3 is 0 Å². The van der Waals surface area contributed by atoms with Crippen molar-refractivity contribution in [1.82, 2.24) is 4.90 Å². The molecule has 0 fully saturated rings. The second-order valence-electron chi connectivity index (χ2n) is 2.89. The third-order valence-electron chi connectivity index (χ3n) is 2.16. The highest BCUT2D eigenvalue weighted by molar-refractivity contribution is 4.86. The van der Waals surface area contributed by atoms with Crippen LogP contribution in [0, 0.1) is 0 Å². The van der Waals surface area contributed by atoms with Crippen molar-refractivity contribution in [2.24, 2.45) is 0 Å². The van der Waals surface area contributed by atoms with E-state index in [1.54, 1.807) is 6.26 Å². The highest BCUT2D eigenvalue weighted by Gasteiger charge is 2.17. The van der Waals surface area contributed by atoms with Gasteiger partial charge in [0.05, 0.1) is 6.26 Å². The van der Waals surface area contributed by atoms with E-state index in [9.17, 15) is 0 Å². The largest absolute Gasteiger partial charge is 0.497 e. The highest BCUT2D eigenvalue weighted by atomic mass is 16.5. The minimum atomic E-state index is 0.309. The lowest BCUT2D eigenvalue weighted by Crippen LogP contribution is -2.36. The first-order chi connectivity index (χ1) is 4.72. The molecule has 0 aromatic heterocycles. The molecule has 0 aliphatic carbocycles. The molecule has 2 heteroatoms. The zero-order valence-corrected chi connectivity index (χ0v) is 6.87. The minimum absolute atomic E-state index is 0.309. The quantitative estimate of drug-likeness (QED) is 0.503. The average Bonchev–Trinajstić information content (AvgIpc) is 2.04. The van der Waals surface area contributed by atoms with Gasteiger partial charge in [-0.05, 0) is 27.0 Å². The van der Waals surface area contributed by atoms with Crippen molar-refractivity contribution >= 4 is 0 Å². The Morgan fingerprint density at radius 1 is 1.50 bits per heavy atom. The molecule has 0 saturated heterocycles. The van der Waals surface area contributed by atoms with Gasteiger partial charge in [-0.1, -0.05) is 0 Å². The second kappa shape index (κ2) is 3.06. The van der Waals surface area contributed by atoms with E-state index in [-0.39, 0.29) is 0 Å². The minimum Gasteiger partial charge on any atom is -0.497 e. The Labute approximate surface area is 62.5 Å². The summed E-state index contributed by atoms with van der Waals surface area (Å²) < 4.78 is 5.36. The molecule has 1 aliphatic heterocycles. The molecule has 0 saturated carbocycles. The summed E-state index contributed by atoms with van der Waals surface area (Å²) in [5.74, 6) is 0. The summed E-state index contributed by atoms with van der Waals surface area (Å²) in [6.07, 6.45) is 4.15. The fourth-order valence-corrected chi connectivity index (χ4v) is 1.03. The summed E-state index contributed by atoms with van der Waals surface area (Å²) in [5, 5.41) is 0. The molecule has 2 atom stereocenters. The van der Waals surface area contributed by atoms with Crippen molar-refractivity contribution in [3.8, 4) is 0 Å². The fraction of sp³-hybridized carbons (Fsp3) is 0.750. The molecule has 1 rings (SSSR count). The first-order valence-corrected chi connectivity index (χ1v) is 3.72. The Balaban J connectivity index is 2.56. The maximum Gasteiger partial charge on any atom is 0.110 e. The number of rotatable bonds is 0. The highest BCUT2D eigenvalue weighted by Crippen LogP contribution is 2.08. The molecule has 0 aromatic rings. The van der Waals surface area contributed by atoms with E-state index in [0.29, 0.717) is 12.1 Å². The number of hydrogen-bond acceptors (Lipinski definition) is 2. The molecule has 2 unspecified atom stereocenters. The van der Waals surface area contributed by atoms with Crippen LogP contribution >= 0.6 is 0 Å². The Bertz CT molecular complexity index is 119. The van der Waals surface area contributed by atoms with Crippen LogP contribution in [0.4, 0.5) is 0 Å². The Hall–Kier alpha value is -0.500. The van der Waals surface area contributed by atoms with Crippen LogP contribution in [0.25, 0.3) is 0 Å². The van der Waals surface area contributed by atoms with Crippen molar-refractivity contribution in [3.63, 3.8) is 0 Å². The predicted molar refractivity (Wildman–Crippen MR) is 41.8 cm³/mol. The van der Waals surface area contributed by atoms with Crippen LogP contribution in [-0.4, -0.2) is 30.6 Å². The number of nitrogens with zero attached hydrogens (tertiary/aromatic N) is 1. The first-order valence-electron chi connectivity index (χ1n) is 3.72. The van der Waals surface area contributed by atoms with E-state index in [1.165, 1.54) is 0 Å². The van der Waals surface area contributed by atoms with Crippen LogP contribution in [-0.2, 0) is 4.74 Å². The van der Waals surface area contributed by atoms with E-state index >= 15 is 0 Å². The van der Waals surface area contributed by atoms with E-state index in [0.717, 1.165) is 6.54 Å². The molecule has 1 heterocycles. The summed E-state index contributed by atoms with van der Waals surface area (Å²) in [7, 11) is 2.11. The fourth-order valence-electron chi connectivity index (χ4n) is 1.03. The van der Waals surface area contributed by atoms with Crippen LogP contribution in [0.5, 0.6) is 0 Å². The maximum absolute atomic E-state index is 5.36. The number of hydrogen-bond donors (Lipinski definition) is 0. The molecule has 0 N–H and O–H groups in total. The third kappa shape index (κ3) is 1.51. The lowest BCUT2D eigenvalue weighted by atomic mass is 10.2. The standard InChI is InChI=1S/C8H15NO/c1-7-8(2)10-6-4-5-9(7)3/h4,6-8H,5H2,1-3H3. The number of likely N-dealkylation sites (N-methyl/N-ethyl adjacent to an activating group) is 1. The molecule has 10 heavy (non-hydrogen) atoms. The molecular weight excluding hydrogens is 126 g/mol. The Morgan fingerprint density at radius 2 is 2.20 bits per heavy atom. The molecular formula is C8H15NO. The molecule has 0 spiro atoms. The van der Waals surface area contributed by atoms with Gasteiger partial charge in [0.1, 0.15) is 6.10 Å². The summed E-state index contributed by atoms with van der Waals surface area (Å²) in [6.45, 7) is 5.26. The van der Waals surface area contributed by atoms with Crippen molar-refractivity contribution < 1.29 is 4.74 Å². The number of ether oxygens (including phenoxy) is 1. The third-order valence-corrected chi connectivity index (χ3v) is 2.16.